The molecule has 0 aromatic heterocycles. The lowest BCUT2D eigenvalue weighted by Crippen LogP contribution is -2.13. The third kappa shape index (κ3) is 1.77. The molecule has 0 radical (unpaired) electrons. The maximum Gasteiger partial charge on any atom is 0.129 e. The van der Waals surface area contributed by atoms with Gasteiger partial charge in [-0.05, 0) is 12.1 Å². The lowest BCUT2D eigenvalue weighted by molar-refractivity contribution is 0.126. The Hall–Kier alpha value is -1.87. The molecule has 0 fully saturated rings. The summed E-state index contributed by atoms with van der Waals surface area (Å²) in [6, 6.07) is 13.9. The van der Waals surface area contributed by atoms with Gasteiger partial charge in [0.15, 0.2) is 0 Å². The molecule has 3 rings (SSSR count). The number of aliphatic hydroxyl groups is 1. The zero-order chi connectivity index (χ0) is 12.5. The van der Waals surface area contributed by atoms with Gasteiger partial charge in [-0.3, -0.25) is 0 Å². The number of aliphatic hydroxyl groups excluding tert-OH is 1. The van der Waals surface area contributed by atoms with E-state index in [1.54, 1.807) is 18.2 Å². The van der Waals surface area contributed by atoms with Crippen LogP contribution in [-0.2, 0) is 0 Å². The number of para-hydroxylation sites is 1. The van der Waals surface area contributed by atoms with Crippen molar-refractivity contribution in [2.75, 3.05) is 6.61 Å². The van der Waals surface area contributed by atoms with Crippen molar-refractivity contribution < 1.29 is 14.2 Å². The predicted molar refractivity (Wildman–Crippen MR) is 66.0 cm³/mol. The monoisotopic (exact) mass is 244 g/mol. The summed E-state index contributed by atoms with van der Waals surface area (Å²) in [4.78, 5) is 0. The zero-order valence-electron chi connectivity index (χ0n) is 9.71. The highest BCUT2D eigenvalue weighted by molar-refractivity contribution is 5.41. The van der Waals surface area contributed by atoms with Crippen LogP contribution in [0.15, 0.2) is 48.5 Å². The van der Waals surface area contributed by atoms with E-state index in [1.807, 2.05) is 24.3 Å². The van der Waals surface area contributed by atoms with Crippen LogP contribution in [0, 0.1) is 5.82 Å². The minimum absolute atomic E-state index is 0.210. The van der Waals surface area contributed by atoms with Gasteiger partial charge in [-0.1, -0.05) is 36.4 Å². The predicted octanol–water partition coefficient (Wildman–Crippen LogP) is 3.04. The van der Waals surface area contributed by atoms with Gasteiger partial charge in [0.05, 0.1) is 18.6 Å². The summed E-state index contributed by atoms with van der Waals surface area (Å²) in [5, 5.41) is 10.3. The fraction of sp³-hybridized carbons (Fsp3) is 0.200. The second-order valence-electron chi connectivity index (χ2n) is 4.42. The van der Waals surface area contributed by atoms with E-state index in [4.69, 9.17) is 4.74 Å². The van der Waals surface area contributed by atoms with Gasteiger partial charge in [0, 0.05) is 11.1 Å². The first kappa shape index (κ1) is 11.2. The van der Waals surface area contributed by atoms with Crippen LogP contribution in [0.5, 0.6) is 5.75 Å². The molecular formula is C15H13FO2. The average Bonchev–Trinajstić information content (AvgIpc) is 2.82. The fourth-order valence-corrected chi connectivity index (χ4v) is 2.38. The van der Waals surface area contributed by atoms with Crippen LogP contribution in [0.3, 0.4) is 0 Å². The number of hydrogen-bond donors (Lipinski definition) is 1. The molecule has 3 heteroatoms. The van der Waals surface area contributed by atoms with Gasteiger partial charge in [0.1, 0.15) is 11.6 Å². The number of fused-ring (bicyclic) bond motifs is 1. The summed E-state index contributed by atoms with van der Waals surface area (Å²) in [6.45, 7) is 0.384. The quantitative estimate of drug-likeness (QED) is 0.879. The molecule has 0 saturated carbocycles. The molecule has 1 heterocycles. The summed E-state index contributed by atoms with van der Waals surface area (Å²) >= 11 is 0. The molecule has 2 nitrogen and oxygen atoms in total. The molecule has 2 unspecified atom stereocenters. The molecule has 92 valence electrons. The zero-order valence-corrected chi connectivity index (χ0v) is 9.71. The van der Waals surface area contributed by atoms with Gasteiger partial charge in [0.2, 0.25) is 0 Å². The van der Waals surface area contributed by atoms with E-state index >= 15 is 0 Å². The molecule has 1 aliphatic heterocycles. The SMILES string of the molecule is OC(c1ccccc1F)C1COc2ccccc21. The van der Waals surface area contributed by atoms with E-state index in [0.29, 0.717) is 12.2 Å². The van der Waals surface area contributed by atoms with Gasteiger partial charge in [-0.2, -0.15) is 0 Å². The smallest absolute Gasteiger partial charge is 0.129 e. The van der Waals surface area contributed by atoms with Gasteiger partial charge in [-0.25, -0.2) is 4.39 Å². The largest absolute Gasteiger partial charge is 0.493 e. The van der Waals surface area contributed by atoms with Gasteiger partial charge in [-0.15, -0.1) is 0 Å². The molecule has 0 saturated heterocycles. The van der Waals surface area contributed by atoms with Gasteiger partial charge >= 0.3 is 0 Å². The molecule has 2 aromatic carbocycles. The second-order valence-corrected chi connectivity index (χ2v) is 4.42. The Labute approximate surface area is 105 Å². The summed E-state index contributed by atoms with van der Waals surface area (Å²) in [6.07, 6.45) is -0.880. The Balaban J connectivity index is 1.96. The molecule has 18 heavy (non-hydrogen) atoms. The lowest BCUT2D eigenvalue weighted by Gasteiger charge is -2.18. The highest BCUT2D eigenvalue weighted by Crippen LogP contribution is 2.41. The Morgan fingerprint density at radius 1 is 1.11 bits per heavy atom. The molecule has 1 aliphatic rings. The molecule has 0 aliphatic carbocycles. The maximum absolute atomic E-state index is 13.7. The van der Waals surface area contributed by atoms with Crippen LogP contribution in [-0.4, -0.2) is 11.7 Å². The van der Waals surface area contributed by atoms with Crippen molar-refractivity contribution in [1.82, 2.24) is 0 Å². The Bertz CT molecular complexity index is 568. The minimum atomic E-state index is -0.880. The number of benzene rings is 2. The Morgan fingerprint density at radius 2 is 1.83 bits per heavy atom. The van der Waals surface area contributed by atoms with Crippen LogP contribution >= 0.6 is 0 Å². The van der Waals surface area contributed by atoms with E-state index in [2.05, 4.69) is 0 Å². The first-order valence-electron chi connectivity index (χ1n) is 5.91. The van der Waals surface area contributed by atoms with Gasteiger partial charge < -0.3 is 9.84 Å². The maximum atomic E-state index is 13.7. The first-order chi connectivity index (χ1) is 8.77. The summed E-state index contributed by atoms with van der Waals surface area (Å²) < 4.78 is 19.2. The molecule has 0 bridgehead atoms. The molecule has 0 amide bonds. The standard InChI is InChI=1S/C15H13FO2/c16-13-7-3-1-6-11(13)15(17)12-9-18-14-8-4-2-5-10(12)14/h1-8,12,15,17H,9H2. The second kappa shape index (κ2) is 4.42. The number of hydrogen-bond acceptors (Lipinski definition) is 2. The van der Waals surface area contributed by atoms with E-state index in [0.717, 1.165) is 11.3 Å². The molecule has 0 spiro atoms. The fourth-order valence-electron chi connectivity index (χ4n) is 2.38. The van der Waals surface area contributed by atoms with Crippen LogP contribution in [0.4, 0.5) is 4.39 Å². The van der Waals surface area contributed by atoms with Crippen LogP contribution < -0.4 is 4.74 Å². The van der Waals surface area contributed by atoms with Crippen LogP contribution in [0.25, 0.3) is 0 Å². The van der Waals surface area contributed by atoms with Crippen molar-refractivity contribution in [3.8, 4) is 5.75 Å². The lowest BCUT2D eigenvalue weighted by atomic mass is 9.90. The normalized spacial score (nSPS) is 19.1. The molecule has 2 aromatic rings. The first-order valence-corrected chi connectivity index (χ1v) is 5.91. The van der Waals surface area contributed by atoms with Crippen molar-refractivity contribution in [1.29, 1.82) is 0 Å². The third-order valence-corrected chi connectivity index (χ3v) is 3.34. The van der Waals surface area contributed by atoms with Crippen LogP contribution in [0.2, 0.25) is 0 Å². The highest BCUT2D eigenvalue weighted by atomic mass is 19.1. The number of rotatable bonds is 2. The van der Waals surface area contributed by atoms with Crippen molar-refractivity contribution in [2.45, 2.75) is 12.0 Å². The van der Waals surface area contributed by atoms with E-state index in [1.165, 1.54) is 6.07 Å². The minimum Gasteiger partial charge on any atom is -0.493 e. The summed E-state index contributed by atoms with van der Waals surface area (Å²) in [5.41, 5.74) is 1.26. The van der Waals surface area contributed by atoms with E-state index in [9.17, 15) is 9.50 Å². The molecule has 1 N–H and O–H groups in total. The van der Waals surface area contributed by atoms with Crippen molar-refractivity contribution in [3.63, 3.8) is 0 Å². The van der Waals surface area contributed by atoms with Crippen molar-refractivity contribution >= 4 is 0 Å². The molecular weight excluding hydrogens is 231 g/mol. The Kier molecular flexibility index (Phi) is 2.76. The number of ether oxygens (including phenoxy) is 1. The average molecular weight is 244 g/mol. The summed E-state index contributed by atoms with van der Waals surface area (Å²) in [7, 11) is 0. The van der Waals surface area contributed by atoms with Gasteiger partial charge in [0.25, 0.3) is 0 Å². The third-order valence-electron chi connectivity index (χ3n) is 3.34. The molecule has 2 atom stereocenters. The van der Waals surface area contributed by atoms with Crippen LogP contribution in [0.1, 0.15) is 23.1 Å². The van der Waals surface area contributed by atoms with Crippen molar-refractivity contribution in [2.24, 2.45) is 0 Å². The number of halogens is 1. The Morgan fingerprint density at radius 3 is 2.67 bits per heavy atom. The highest BCUT2D eigenvalue weighted by Gasteiger charge is 2.32. The van der Waals surface area contributed by atoms with E-state index in [-0.39, 0.29) is 11.7 Å². The van der Waals surface area contributed by atoms with Crippen molar-refractivity contribution in [3.05, 3.63) is 65.5 Å². The van der Waals surface area contributed by atoms with E-state index < -0.39 is 6.10 Å². The topological polar surface area (TPSA) is 29.5 Å². The summed E-state index contributed by atoms with van der Waals surface area (Å²) in [5.74, 6) is 0.186.